The number of rotatable bonds is 1. The molecule has 0 saturated heterocycles. The van der Waals surface area contributed by atoms with Crippen LogP contribution in [0.5, 0.6) is 0 Å². The number of aryl methyl sites for hydroxylation is 1. The molecule has 0 heterocycles. The molecular formula is C29H32. The molecule has 0 N–H and O–H groups in total. The average Bonchev–Trinajstić information content (AvgIpc) is 2.74. The van der Waals surface area contributed by atoms with E-state index < -0.39 is 0 Å². The Morgan fingerprint density at radius 3 is 2.00 bits per heavy atom. The second kappa shape index (κ2) is 11.1. The van der Waals surface area contributed by atoms with Crippen LogP contribution in [0.15, 0.2) is 65.8 Å². The summed E-state index contributed by atoms with van der Waals surface area (Å²) in [5.74, 6) is 13.7. The standard InChI is InChI=1S/C27H26.C2H6/c1-20(2)27-19-25(14-13-23-9-5-21(3)6-10-23)16-18-26(27)17-15-24-11-7-22(4)8-12-24;1-2/h5,7-9,11-12,16,18-20H,6,10H2,1-4H3;1-2H3. The first-order valence-corrected chi connectivity index (χ1v) is 10.6. The molecule has 0 aliphatic heterocycles. The lowest BCUT2D eigenvalue weighted by molar-refractivity contribution is 0.862. The Hall–Kier alpha value is -2.96. The maximum atomic E-state index is 3.35. The van der Waals surface area contributed by atoms with Gasteiger partial charge in [-0.05, 0) is 68.5 Å². The van der Waals surface area contributed by atoms with E-state index in [9.17, 15) is 0 Å². The first-order valence-electron chi connectivity index (χ1n) is 10.6. The van der Waals surface area contributed by atoms with E-state index in [0.717, 1.165) is 29.5 Å². The molecule has 0 fully saturated rings. The van der Waals surface area contributed by atoms with Crippen LogP contribution in [0.2, 0.25) is 0 Å². The summed E-state index contributed by atoms with van der Waals surface area (Å²) >= 11 is 0. The maximum absolute atomic E-state index is 3.35. The predicted octanol–water partition coefficient (Wildman–Crippen LogP) is 7.56. The van der Waals surface area contributed by atoms with Crippen molar-refractivity contribution in [1.82, 2.24) is 0 Å². The lowest BCUT2D eigenvalue weighted by Gasteiger charge is -2.09. The number of hydrogen-bond acceptors (Lipinski definition) is 0. The molecule has 0 aromatic heterocycles. The summed E-state index contributed by atoms with van der Waals surface area (Å²) in [5, 5.41) is 0. The van der Waals surface area contributed by atoms with Crippen molar-refractivity contribution in [2.75, 3.05) is 0 Å². The van der Waals surface area contributed by atoms with Gasteiger partial charge in [0, 0.05) is 22.3 Å². The van der Waals surface area contributed by atoms with Gasteiger partial charge in [-0.3, -0.25) is 0 Å². The normalized spacial score (nSPS) is 12.4. The van der Waals surface area contributed by atoms with Crippen molar-refractivity contribution in [3.05, 3.63) is 93.6 Å². The molecule has 2 aromatic carbocycles. The zero-order chi connectivity index (χ0) is 21.2. The molecular weight excluding hydrogens is 348 g/mol. The Labute approximate surface area is 177 Å². The fourth-order valence-electron chi connectivity index (χ4n) is 3.01. The molecule has 0 saturated carbocycles. The van der Waals surface area contributed by atoms with Crippen molar-refractivity contribution in [1.29, 1.82) is 0 Å². The van der Waals surface area contributed by atoms with Crippen molar-refractivity contribution in [2.24, 2.45) is 0 Å². The van der Waals surface area contributed by atoms with Gasteiger partial charge in [0.2, 0.25) is 0 Å². The molecule has 0 unspecified atom stereocenters. The van der Waals surface area contributed by atoms with Crippen molar-refractivity contribution in [3.8, 4) is 23.7 Å². The minimum Gasteiger partial charge on any atom is -0.0729 e. The summed E-state index contributed by atoms with van der Waals surface area (Å²) in [7, 11) is 0. The Morgan fingerprint density at radius 2 is 1.38 bits per heavy atom. The van der Waals surface area contributed by atoms with Gasteiger partial charge in [0.25, 0.3) is 0 Å². The van der Waals surface area contributed by atoms with Crippen molar-refractivity contribution >= 4 is 0 Å². The second-order valence-electron chi connectivity index (χ2n) is 7.53. The van der Waals surface area contributed by atoms with Crippen LogP contribution in [0.1, 0.15) is 81.2 Å². The molecule has 29 heavy (non-hydrogen) atoms. The molecule has 148 valence electrons. The highest BCUT2D eigenvalue weighted by Gasteiger charge is 2.06. The van der Waals surface area contributed by atoms with E-state index in [0.29, 0.717) is 5.92 Å². The smallest absolute Gasteiger partial charge is 0.0284 e. The molecule has 0 atom stereocenters. The van der Waals surface area contributed by atoms with Gasteiger partial charge in [-0.2, -0.15) is 0 Å². The number of benzene rings is 2. The molecule has 2 aromatic rings. The van der Waals surface area contributed by atoms with Crippen LogP contribution in [0.25, 0.3) is 0 Å². The average molecular weight is 381 g/mol. The topological polar surface area (TPSA) is 0 Å². The summed E-state index contributed by atoms with van der Waals surface area (Å²) in [5.41, 5.74) is 8.36. The van der Waals surface area contributed by atoms with Crippen LogP contribution in [-0.4, -0.2) is 0 Å². The fraction of sp³-hybridized carbons (Fsp3) is 0.310. The quantitative estimate of drug-likeness (QED) is 0.448. The maximum Gasteiger partial charge on any atom is 0.0284 e. The van der Waals surface area contributed by atoms with Crippen molar-refractivity contribution < 1.29 is 0 Å². The lowest BCUT2D eigenvalue weighted by Crippen LogP contribution is -1.94. The molecule has 0 amide bonds. The van der Waals surface area contributed by atoms with E-state index in [1.807, 2.05) is 13.8 Å². The summed E-state index contributed by atoms with van der Waals surface area (Å²) < 4.78 is 0. The Balaban J connectivity index is 0.00000145. The number of allylic oxidation sites excluding steroid dienone is 4. The zero-order valence-corrected chi connectivity index (χ0v) is 18.7. The van der Waals surface area contributed by atoms with Crippen LogP contribution >= 0.6 is 0 Å². The third-order valence-corrected chi connectivity index (χ3v) is 4.79. The number of hydrogen-bond donors (Lipinski definition) is 0. The summed E-state index contributed by atoms with van der Waals surface area (Å²) in [6.07, 6.45) is 6.49. The Morgan fingerprint density at radius 1 is 0.724 bits per heavy atom. The lowest BCUT2D eigenvalue weighted by atomic mass is 9.94. The van der Waals surface area contributed by atoms with Gasteiger partial charge in [-0.15, -0.1) is 0 Å². The zero-order valence-electron chi connectivity index (χ0n) is 18.7. The molecule has 1 aliphatic carbocycles. The molecule has 0 bridgehead atoms. The minimum atomic E-state index is 0.411. The van der Waals surface area contributed by atoms with Gasteiger partial charge in [0.15, 0.2) is 0 Å². The van der Waals surface area contributed by atoms with Gasteiger partial charge in [-0.25, -0.2) is 0 Å². The molecule has 0 spiro atoms. The summed E-state index contributed by atoms with van der Waals surface area (Å²) in [6.45, 7) is 12.7. The fourth-order valence-corrected chi connectivity index (χ4v) is 3.01. The summed E-state index contributed by atoms with van der Waals surface area (Å²) in [6, 6.07) is 14.7. The Kier molecular flexibility index (Phi) is 8.58. The third kappa shape index (κ3) is 6.85. The van der Waals surface area contributed by atoms with Gasteiger partial charge in [-0.1, -0.05) is 86.8 Å². The predicted molar refractivity (Wildman–Crippen MR) is 127 cm³/mol. The first-order chi connectivity index (χ1) is 14.0. The summed E-state index contributed by atoms with van der Waals surface area (Å²) in [4.78, 5) is 0. The van der Waals surface area contributed by atoms with E-state index in [-0.39, 0.29) is 0 Å². The van der Waals surface area contributed by atoms with Crippen LogP contribution in [0.4, 0.5) is 0 Å². The largest absolute Gasteiger partial charge is 0.0729 e. The van der Waals surface area contributed by atoms with Crippen molar-refractivity contribution in [2.45, 2.75) is 60.3 Å². The van der Waals surface area contributed by atoms with Gasteiger partial charge >= 0.3 is 0 Å². The molecule has 0 nitrogen and oxygen atoms in total. The molecule has 0 heteroatoms. The highest BCUT2D eigenvalue weighted by Crippen LogP contribution is 2.21. The van der Waals surface area contributed by atoms with Crippen LogP contribution in [0, 0.1) is 30.6 Å². The molecule has 0 radical (unpaired) electrons. The van der Waals surface area contributed by atoms with E-state index in [1.165, 1.54) is 22.3 Å². The van der Waals surface area contributed by atoms with Crippen LogP contribution in [0.3, 0.4) is 0 Å². The van der Waals surface area contributed by atoms with E-state index in [1.54, 1.807) is 0 Å². The first kappa shape index (κ1) is 22.3. The van der Waals surface area contributed by atoms with Gasteiger partial charge < -0.3 is 0 Å². The van der Waals surface area contributed by atoms with Crippen LogP contribution in [-0.2, 0) is 0 Å². The minimum absolute atomic E-state index is 0.411. The third-order valence-electron chi connectivity index (χ3n) is 4.79. The highest BCUT2D eigenvalue weighted by atomic mass is 14.1. The van der Waals surface area contributed by atoms with Gasteiger partial charge in [0.1, 0.15) is 0 Å². The van der Waals surface area contributed by atoms with Gasteiger partial charge in [0.05, 0.1) is 0 Å². The molecule has 1 aliphatic rings. The highest BCUT2D eigenvalue weighted by molar-refractivity contribution is 5.52. The van der Waals surface area contributed by atoms with E-state index >= 15 is 0 Å². The van der Waals surface area contributed by atoms with Crippen molar-refractivity contribution in [3.63, 3.8) is 0 Å². The molecule has 3 rings (SSSR count). The van der Waals surface area contributed by atoms with E-state index in [4.69, 9.17) is 0 Å². The Bertz CT molecular complexity index is 1000. The monoisotopic (exact) mass is 380 g/mol. The van der Waals surface area contributed by atoms with E-state index in [2.05, 4.69) is 106 Å². The van der Waals surface area contributed by atoms with Crippen LogP contribution < -0.4 is 0 Å². The second-order valence-corrected chi connectivity index (χ2v) is 7.53. The SMILES string of the molecule is CC.CC1=CC=C(C#Cc2ccc(C#Cc3ccc(C)cc3)c(C(C)C)c2)CC1.